The van der Waals surface area contributed by atoms with Crippen molar-refractivity contribution in [3.8, 4) is 0 Å². The summed E-state index contributed by atoms with van der Waals surface area (Å²) in [5.41, 5.74) is 0. The minimum absolute atomic E-state index is 0.157. The maximum absolute atomic E-state index is 12.3. The van der Waals surface area contributed by atoms with Crippen molar-refractivity contribution in [3.05, 3.63) is 0 Å². The second-order valence-electron chi connectivity index (χ2n) is 8.38. The van der Waals surface area contributed by atoms with E-state index in [4.69, 9.17) is 0 Å². The molecule has 0 aromatic rings. The molecule has 0 aromatic carbocycles. The number of hydrogen-bond donors (Lipinski definition) is 1. The first-order valence-electron chi connectivity index (χ1n) is 10.6. The van der Waals surface area contributed by atoms with Crippen LogP contribution < -0.4 is 5.32 Å². The molecule has 6 heteroatoms. The van der Waals surface area contributed by atoms with Crippen LogP contribution in [0.2, 0.25) is 0 Å². The molecule has 1 N–H and O–H groups in total. The quantitative estimate of drug-likeness (QED) is 0.775. The monoisotopic (exact) mass is 364 g/mol. The molecule has 0 bridgehead atoms. The van der Waals surface area contributed by atoms with Crippen LogP contribution in [0.5, 0.6) is 0 Å². The van der Waals surface area contributed by atoms with Gasteiger partial charge in [0, 0.05) is 44.6 Å². The Morgan fingerprint density at radius 1 is 1.08 bits per heavy atom. The van der Waals surface area contributed by atoms with E-state index >= 15 is 0 Å². The molecule has 0 aliphatic carbocycles. The van der Waals surface area contributed by atoms with Crippen molar-refractivity contribution in [2.45, 2.75) is 69.9 Å². The van der Waals surface area contributed by atoms with Crippen molar-refractivity contribution >= 4 is 11.8 Å². The molecule has 1 atom stereocenters. The Labute approximate surface area is 158 Å². The summed E-state index contributed by atoms with van der Waals surface area (Å²) in [7, 11) is 2.20. The van der Waals surface area contributed by atoms with Crippen LogP contribution in [-0.4, -0.2) is 84.9 Å². The summed E-state index contributed by atoms with van der Waals surface area (Å²) in [5.74, 6) is 0.419. The average Bonchev–Trinajstić information content (AvgIpc) is 2.64. The van der Waals surface area contributed by atoms with Gasteiger partial charge in [-0.3, -0.25) is 14.5 Å². The van der Waals surface area contributed by atoms with Gasteiger partial charge in [-0.15, -0.1) is 0 Å². The highest BCUT2D eigenvalue weighted by Gasteiger charge is 2.28. The second-order valence-corrected chi connectivity index (χ2v) is 8.38. The summed E-state index contributed by atoms with van der Waals surface area (Å²) in [6.07, 6.45) is 8.90. The number of carbonyl (C=O) groups excluding carboxylic acids is 2. The molecule has 6 nitrogen and oxygen atoms in total. The normalized spacial score (nSPS) is 26.9. The number of nitrogens with zero attached hydrogens (tertiary/aromatic N) is 3. The predicted molar refractivity (Wildman–Crippen MR) is 103 cm³/mol. The van der Waals surface area contributed by atoms with Gasteiger partial charge in [0.1, 0.15) is 0 Å². The Hall–Kier alpha value is -1.14. The highest BCUT2D eigenvalue weighted by molar-refractivity contribution is 5.77. The van der Waals surface area contributed by atoms with Crippen LogP contribution in [-0.2, 0) is 9.59 Å². The summed E-state index contributed by atoms with van der Waals surface area (Å²) in [6.45, 7) is 6.16. The molecule has 3 aliphatic rings. The standard InChI is InChI=1S/C20H36N4O2/c1-22-14-9-18(10-15-22)24-13-4-6-17(16-24)21-19(25)7-5-12-23-11-3-2-8-20(23)26/h17-18H,2-16H2,1H3,(H,21,25)/t17-/m0/s1. The summed E-state index contributed by atoms with van der Waals surface area (Å²) < 4.78 is 0. The maximum atomic E-state index is 12.3. The molecule has 26 heavy (non-hydrogen) atoms. The van der Waals surface area contributed by atoms with E-state index in [1.54, 1.807) is 0 Å². The summed E-state index contributed by atoms with van der Waals surface area (Å²) >= 11 is 0. The van der Waals surface area contributed by atoms with E-state index in [2.05, 4.69) is 22.2 Å². The minimum atomic E-state index is 0.157. The molecule has 0 unspecified atom stereocenters. The first-order chi connectivity index (χ1) is 12.6. The first kappa shape index (κ1) is 19.6. The van der Waals surface area contributed by atoms with E-state index in [0.717, 1.165) is 45.3 Å². The third-order valence-corrected chi connectivity index (χ3v) is 6.28. The molecule has 3 fully saturated rings. The van der Waals surface area contributed by atoms with E-state index < -0.39 is 0 Å². The Balaban J connectivity index is 1.35. The van der Waals surface area contributed by atoms with E-state index in [9.17, 15) is 9.59 Å². The Kier molecular flexibility index (Phi) is 7.32. The lowest BCUT2D eigenvalue weighted by atomic mass is 9.98. The molecule has 3 heterocycles. The third-order valence-electron chi connectivity index (χ3n) is 6.28. The van der Waals surface area contributed by atoms with Crippen LogP contribution in [0.25, 0.3) is 0 Å². The minimum Gasteiger partial charge on any atom is -0.352 e. The van der Waals surface area contributed by atoms with Gasteiger partial charge in [0.25, 0.3) is 0 Å². The fraction of sp³-hybridized carbons (Fsp3) is 0.900. The van der Waals surface area contributed by atoms with Gasteiger partial charge < -0.3 is 15.1 Å². The highest BCUT2D eigenvalue weighted by atomic mass is 16.2. The van der Waals surface area contributed by atoms with Gasteiger partial charge >= 0.3 is 0 Å². The second kappa shape index (κ2) is 9.70. The first-order valence-corrected chi connectivity index (χ1v) is 10.6. The molecule has 3 saturated heterocycles. The van der Waals surface area contributed by atoms with Gasteiger partial charge in [0.15, 0.2) is 0 Å². The van der Waals surface area contributed by atoms with Gasteiger partial charge in [0.2, 0.25) is 11.8 Å². The highest BCUT2D eigenvalue weighted by Crippen LogP contribution is 2.20. The zero-order valence-electron chi connectivity index (χ0n) is 16.4. The maximum Gasteiger partial charge on any atom is 0.222 e. The van der Waals surface area contributed by atoms with Gasteiger partial charge in [-0.2, -0.15) is 0 Å². The van der Waals surface area contributed by atoms with Crippen LogP contribution in [0.15, 0.2) is 0 Å². The molecule has 0 spiro atoms. The van der Waals surface area contributed by atoms with Crippen molar-refractivity contribution in [2.75, 3.05) is 46.3 Å². The molecule has 148 valence electrons. The average molecular weight is 365 g/mol. The Morgan fingerprint density at radius 3 is 2.65 bits per heavy atom. The molecule has 3 rings (SSSR count). The van der Waals surface area contributed by atoms with E-state index in [1.807, 2.05) is 4.90 Å². The topological polar surface area (TPSA) is 55.9 Å². The Bertz CT molecular complexity index is 476. The molecule has 3 aliphatic heterocycles. The smallest absolute Gasteiger partial charge is 0.222 e. The largest absolute Gasteiger partial charge is 0.352 e. The number of amides is 2. The van der Waals surface area contributed by atoms with Crippen LogP contribution in [0, 0.1) is 0 Å². The predicted octanol–water partition coefficient (Wildman–Crippen LogP) is 1.45. The van der Waals surface area contributed by atoms with Crippen LogP contribution in [0.4, 0.5) is 0 Å². The zero-order valence-corrected chi connectivity index (χ0v) is 16.4. The molecule has 0 saturated carbocycles. The van der Waals surface area contributed by atoms with E-state index in [1.165, 1.54) is 38.9 Å². The van der Waals surface area contributed by atoms with E-state index in [0.29, 0.717) is 24.9 Å². The lowest BCUT2D eigenvalue weighted by Crippen LogP contribution is -2.53. The number of rotatable bonds is 6. The fourth-order valence-electron chi connectivity index (χ4n) is 4.64. The molecular weight excluding hydrogens is 328 g/mol. The van der Waals surface area contributed by atoms with Gasteiger partial charge in [-0.25, -0.2) is 0 Å². The molecule has 2 amide bonds. The van der Waals surface area contributed by atoms with Crippen molar-refractivity contribution in [2.24, 2.45) is 0 Å². The van der Waals surface area contributed by atoms with Gasteiger partial charge in [-0.05, 0) is 71.6 Å². The molecular formula is C20H36N4O2. The van der Waals surface area contributed by atoms with Crippen molar-refractivity contribution in [1.29, 1.82) is 0 Å². The lowest BCUT2D eigenvalue weighted by molar-refractivity contribution is -0.133. The lowest BCUT2D eigenvalue weighted by Gasteiger charge is -2.41. The molecule has 0 aromatic heterocycles. The number of likely N-dealkylation sites (tertiary alicyclic amines) is 3. The zero-order chi connectivity index (χ0) is 18.4. The summed E-state index contributed by atoms with van der Waals surface area (Å²) in [4.78, 5) is 31.1. The Morgan fingerprint density at radius 2 is 1.88 bits per heavy atom. The third kappa shape index (κ3) is 5.68. The number of nitrogens with one attached hydrogen (secondary N) is 1. The van der Waals surface area contributed by atoms with Gasteiger partial charge in [0.05, 0.1) is 0 Å². The van der Waals surface area contributed by atoms with Crippen LogP contribution in [0.1, 0.15) is 57.8 Å². The van der Waals surface area contributed by atoms with Gasteiger partial charge in [-0.1, -0.05) is 0 Å². The summed E-state index contributed by atoms with van der Waals surface area (Å²) in [6, 6.07) is 0.989. The van der Waals surface area contributed by atoms with Crippen molar-refractivity contribution < 1.29 is 9.59 Å². The fourth-order valence-corrected chi connectivity index (χ4v) is 4.64. The number of piperidine rings is 3. The van der Waals surface area contributed by atoms with E-state index in [-0.39, 0.29) is 11.8 Å². The van der Waals surface area contributed by atoms with Crippen LogP contribution in [0.3, 0.4) is 0 Å². The summed E-state index contributed by atoms with van der Waals surface area (Å²) in [5, 5.41) is 3.25. The number of hydrogen-bond acceptors (Lipinski definition) is 4. The SMILES string of the molecule is CN1CCC(N2CCC[C@H](NC(=O)CCCN3CCCCC3=O)C2)CC1. The van der Waals surface area contributed by atoms with Crippen molar-refractivity contribution in [3.63, 3.8) is 0 Å². The number of carbonyl (C=O) groups is 2. The molecule has 0 radical (unpaired) electrons. The van der Waals surface area contributed by atoms with Crippen LogP contribution >= 0.6 is 0 Å². The van der Waals surface area contributed by atoms with Crippen molar-refractivity contribution in [1.82, 2.24) is 20.0 Å².